The van der Waals surface area contributed by atoms with E-state index in [0.29, 0.717) is 6.04 Å². The molecule has 0 saturated carbocycles. The average Bonchev–Trinajstić information content (AvgIpc) is 2.17. The van der Waals surface area contributed by atoms with Crippen LogP contribution >= 0.6 is 0 Å². The van der Waals surface area contributed by atoms with Gasteiger partial charge in [0.1, 0.15) is 0 Å². The van der Waals surface area contributed by atoms with Crippen LogP contribution in [0.25, 0.3) is 0 Å². The number of nitrogens with zero attached hydrogens (tertiary/aromatic N) is 2. The van der Waals surface area contributed by atoms with Crippen LogP contribution in [0.1, 0.15) is 13.8 Å². The van der Waals surface area contributed by atoms with Gasteiger partial charge in [-0.15, -0.1) is 0 Å². The molecule has 0 unspecified atom stereocenters. The highest BCUT2D eigenvalue weighted by Gasteiger charge is 2.22. The zero-order valence-corrected chi connectivity index (χ0v) is 8.62. The zero-order chi connectivity index (χ0) is 9.84. The van der Waals surface area contributed by atoms with Gasteiger partial charge in [0.2, 0.25) is 0 Å². The number of hydrogen-bond donors (Lipinski definition) is 0. The van der Waals surface area contributed by atoms with Crippen molar-refractivity contribution in [1.82, 2.24) is 9.80 Å². The Morgan fingerprint density at radius 1 is 1.23 bits per heavy atom. The SMILES string of the molecule is COC(=O)N1CCN(C(C)C)CC1. The predicted molar refractivity (Wildman–Crippen MR) is 50.7 cm³/mol. The van der Waals surface area contributed by atoms with Gasteiger partial charge in [0.15, 0.2) is 0 Å². The number of carbonyl (C=O) groups is 1. The standard InChI is InChI=1S/C9H18N2O2/c1-8(2)10-4-6-11(7-5-10)9(12)13-3/h8H,4-7H2,1-3H3. The minimum atomic E-state index is -0.205. The molecule has 1 saturated heterocycles. The molecule has 0 aromatic heterocycles. The van der Waals surface area contributed by atoms with Gasteiger partial charge in [-0.1, -0.05) is 0 Å². The van der Waals surface area contributed by atoms with Gasteiger partial charge in [-0.3, -0.25) is 4.90 Å². The number of amides is 1. The van der Waals surface area contributed by atoms with E-state index in [1.165, 1.54) is 7.11 Å². The minimum Gasteiger partial charge on any atom is -0.453 e. The molecule has 0 spiro atoms. The fourth-order valence-electron chi connectivity index (χ4n) is 1.55. The second-order valence-corrected chi connectivity index (χ2v) is 3.59. The van der Waals surface area contributed by atoms with Crippen LogP contribution in [0, 0.1) is 0 Å². The second-order valence-electron chi connectivity index (χ2n) is 3.59. The van der Waals surface area contributed by atoms with Crippen molar-refractivity contribution in [1.29, 1.82) is 0 Å². The predicted octanol–water partition coefficient (Wildman–Crippen LogP) is 0.779. The maximum atomic E-state index is 11.1. The van der Waals surface area contributed by atoms with E-state index in [1.54, 1.807) is 4.90 Å². The first-order chi connectivity index (χ1) is 6.15. The van der Waals surface area contributed by atoms with Crippen molar-refractivity contribution in [3.8, 4) is 0 Å². The Balaban J connectivity index is 2.34. The average molecular weight is 186 g/mol. The van der Waals surface area contributed by atoms with Crippen molar-refractivity contribution in [2.24, 2.45) is 0 Å². The third-order valence-corrected chi connectivity index (χ3v) is 2.48. The number of methoxy groups -OCH3 is 1. The minimum absolute atomic E-state index is 0.205. The second kappa shape index (κ2) is 4.46. The van der Waals surface area contributed by atoms with Crippen LogP contribution in [0.3, 0.4) is 0 Å². The van der Waals surface area contributed by atoms with Gasteiger partial charge in [0, 0.05) is 32.2 Å². The van der Waals surface area contributed by atoms with Gasteiger partial charge < -0.3 is 9.64 Å². The van der Waals surface area contributed by atoms with Gasteiger partial charge in [-0.25, -0.2) is 4.79 Å². The van der Waals surface area contributed by atoms with Crippen molar-refractivity contribution in [3.05, 3.63) is 0 Å². The molecule has 4 nitrogen and oxygen atoms in total. The van der Waals surface area contributed by atoms with E-state index in [-0.39, 0.29) is 6.09 Å². The highest BCUT2D eigenvalue weighted by Crippen LogP contribution is 2.06. The summed E-state index contributed by atoms with van der Waals surface area (Å²) in [5.41, 5.74) is 0. The summed E-state index contributed by atoms with van der Waals surface area (Å²) < 4.78 is 4.65. The maximum Gasteiger partial charge on any atom is 0.409 e. The number of piperazine rings is 1. The lowest BCUT2D eigenvalue weighted by Gasteiger charge is -2.36. The molecular weight excluding hydrogens is 168 g/mol. The van der Waals surface area contributed by atoms with E-state index in [1.807, 2.05) is 0 Å². The lowest BCUT2D eigenvalue weighted by atomic mass is 10.2. The van der Waals surface area contributed by atoms with Crippen LogP contribution < -0.4 is 0 Å². The molecule has 13 heavy (non-hydrogen) atoms. The molecular formula is C9H18N2O2. The molecule has 4 heteroatoms. The monoisotopic (exact) mass is 186 g/mol. The van der Waals surface area contributed by atoms with Crippen LogP contribution in [0.15, 0.2) is 0 Å². The Hall–Kier alpha value is -0.770. The molecule has 0 aromatic rings. The normalized spacial score (nSPS) is 19.2. The Morgan fingerprint density at radius 2 is 1.77 bits per heavy atom. The van der Waals surface area contributed by atoms with Crippen molar-refractivity contribution in [2.45, 2.75) is 19.9 Å². The summed E-state index contributed by atoms with van der Waals surface area (Å²) in [4.78, 5) is 15.2. The summed E-state index contributed by atoms with van der Waals surface area (Å²) in [5.74, 6) is 0. The topological polar surface area (TPSA) is 32.8 Å². The van der Waals surface area contributed by atoms with Gasteiger partial charge in [-0.05, 0) is 13.8 Å². The van der Waals surface area contributed by atoms with Crippen molar-refractivity contribution >= 4 is 6.09 Å². The number of carbonyl (C=O) groups excluding carboxylic acids is 1. The Morgan fingerprint density at radius 3 is 2.15 bits per heavy atom. The smallest absolute Gasteiger partial charge is 0.409 e. The molecule has 0 bridgehead atoms. The van der Waals surface area contributed by atoms with Gasteiger partial charge in [0.05, 0.1) is 7.11 Å². The molecule has 1 aliphatic heterocycles. The fraction of sp³-hybridized carbons (Fsp3) is 0.889. The Labute approximate surface area is 79.4 Å². The molecule has 1 heterocycles. The van der Waals surface area contributed by atoms with Crippen LogP contribution in [0.5, 0.6) is 0 Å². The molecule has 76 valence electrons. The molecule has 1 amide bonds. The van der Waals surface area contributed by atoms with E-state index in [4.69, 9.17) is 0 Å². The molecule has 0 radical (unpaired) electrons. The summed E-state index contributed by atoms with van der Waals surface area (Å²) in [5, 5.41) is 0. The van der Waals surface area contributed by atoms with Crippen molar-refractivity contribution < 1.29 is 9.53 Å². The zero-order valence-electron chi connectivity index (χ0n) is 8.62. The van der Waals surface area contributed by atoms with E-state index in [9.17, 15) is 4.79 Å². The van der Waals surface area contributed by atoms with Crippen LogP contribution in [0.2, 0.25) is 0 Å². The first-order valence-electron chi connectivity index (χ1n) is 4.72. The molecule has 0 N–H and O–H groups in total. The van der Waals surface area contributed by atoms with Gasteiger partial charge in [-0.2, -0.15) is 0 Å². The molecule has 0 aliphatic carbocycles. The maximum absolute atomic E-state index is 11.1. The quantitative estimate of drug-likeness (QED) is 0.606. The molecule has 1 aliphatic rings. The molecule has 0 atom stereocenters. The number of hydrogen-bond acceptors (Lipinski definition) is 3. The molecule has 1 rings (SSSR count). The van der Waals surface area contributed by atoms with Gasteiger partial charge >= 0.3 is 6.09 Å². The van der Waals surface area contributed by atoms with Crippen LogP contribution in [-0.2, 0) is 4.74 Å². The number of rotatable bonds is 1. The molecule has 1 fully saturated rings. The highest BCUT2D eigenvalue weighted by molar-refractivity contribution is 5.67. The first-order valence-corrected chi connectivity index (χ1v) is 4.72. The Bertz CT molecular complexity index is 174. The third kappa shape index (κ3) is 2.59. The van der Waals surface area contributed by atoms with E-state index < -0.39 is 0 Å². The highest BCUT2D eigenvalue weighted by atomic mass is 16.5. The summed E-state index contributed by atoms with van der Waals surface area (Å²) in [6.45, 7) is 7.82. The fourth-order valence-corrected chi connectivity index (χ4v) is 1.55. The first kappa shape index (κ1) is 10.3. The number of ether oxygens (including phenoxy) is 1. The summed E-state index contributed by atoms with van der Waals surface area (Å²) in [6, 6.07) is 0.569. The van der Waals surface area contributed by atoms with E-state index in [2.05, 4.69) is 23.5 Å². The third-order valence-electron chi connectivity index (χ3n) is 2.48. The van der Waals surface area contributed by atoms with Crippen LogP contribution in [0.4, 0.5) is 4.79 Å². The lowest BCUT2D eigenvalue weighted by molar-refractivity contribution is 0.0808. The summed E-state index contributed by atoms with van der Waals surface area (Å²) in [6.07, 6.45) is -0.205. The molecule has 0 aromatic carbocycles. The van der Waals surface area contributed by atoms with Crippen LogP contribution in [-0.4, -0.2) is 55.2 Å². The lowest BCUT2D eigenvalue weighted by Crippen LogP contribution is -2.50. The Kier molecular flexibility index (Phi) is 3.54. The van der Waals surface area contributed by atoms with E-state index in [0.717, 1.165) is 26.2 Å². The largest absolute Gasteiger partial charge is 0.453 e. The van der Waals surface area contributed by atoms with Crippen molar-refractivity contribution in [3.63, 3.8) is 0 Å². The van der Waals surface area contributed by atoms with Gasteiger partial charge in [0.25, 0.3) is 0 Å². The van der Waals surface area contributed by atoms with Crippen molar-refractivity contribution in [2.75, 3.05) is 33.3 Å². The summed E-state index contributed by atoms with van der Waals surface area (Å²) in [7, 11) is 1.43. The van der Waals surface area contributed by atoms with E-state index >= 15 is 0 Å². The summed E-state index contributed by atoms with van der Waals surface area (Å²) >= 11 is 0.